The van der Waals surface area contributed by atoms with Crippen LogP contribution in [0.25, 0.3) is 32.7 Å². The first-order chi connectivity index (χ1) is 25.3. The number of non-ortho nitro benzene ring substituents is 1. The molecule has 0 aliphatic rings. The van der Waals surface area contributed by atoms with Crippen molar-refractivity contribution < 1.29 is 47.8 Å². The van der Waals surface area contributed by atoms with E-state index in [9.17, 15) is 37.7 Å². The fourth-order valence-electron chi connectivity index (χ4n) is 6.15. The minimum absolute atomic E-state index is 0.0402. The second-order valence-electron chi connectivity index (χ2n) is 12.6. The van der Waals surface area contributed by atoms with E-state index in [1.54, 1.807) is 59.9 Å². The van der Waals surface area contributed by atoms with Gasteiger partial charge in [-0.3, -0.25) is 24.5 Å². The van der Waals surface area contributed by atoms with Gasteiger partial charge in [-0.2, -0.15) is 0 Å². The summed E-state index contributed by atoms with van der Waals surface area (Å²) in [7, 11) is 5.11. The van der Waals surface area contributed by atoms with Gasteiger partial charge in [0.05, 0.1) is 16.0 Å². The van der Waals surface area contributed by atoms with E-state index in [1.165, 1.54) is 29.9 Å². The number of hydrogen-bond donors (Lipinski definition) is 6. The quantitative estimate of drug-likeness (QED) is 0.0869. The molecule has 3 aromatic carbocycles. The first kappa shape index (κ1) is 40.5. The predicted octanol–water partition coefficient (Wildman–Crippen LogP) is 3.72. The summed E-state index contributed by atoms with van der Waals surface area (Å²) in [6, 6.07) is 8.39. The van der Waals surface area contributed by atoms with Gasteiger partial charge < -0.3 is 46.2 Å². The van der Waals surface area contributed by atoms with Crippen molar-refractivity contribution in [3.05, 3.63) is 111 Å². The largest absolute Gasteiger partial charge is 0.480 e. The van der Waals surface area contributed by atoms with Gasteiger partial charge in [0.1, 0.15) is 41.1 Å². The van der Waals surface area contributed by atoms with Crippen molar-refractivity contribution in [1.29, 1.82) is 0 Å². The van der Waals surface area contributed by atoms with Crippen LogP contribution in [-0.4, -0.2) is 70.0 Å². The molecule has 0 amide bonds. The summed E-state index contributed by atoms with van der Waals surface area (Å²) in [5.74, 6) is -4.73. The van der Waals surface area contributed by atoms with Crippen LogP contribution in [0.3, 0.4) is 0 Å². The number of aryl methyl sites for hydroxylation is 3. The first-order valence-corrected chi connectivity index (χ1v) is 16.1. The summed E-state index contributed by atoms with van der Waals surface area (Å²) in [4.78, 5) is 42.5. The van der Waals surface area contributed by atoms with E-state index >= 15 is 0 Å². The molecule has 3 aromatic heterocycles. The van der Waals surface area contributed by atoms with Crippen LogP contribution >= 0.6 is 0 Å². The highest BCUT2D eigenvalue weighted by atomic mass is 19.1. The molecular weight excluding hydrogens is 715 g/mol. The average molecular weight is 754 g/mol. The van der Waals surface area contributed by atoms with Crippen LogP contribution in [0.1, 0.15) is 16.7 Å². The standard InChI is InChI=1S/C12H12FN3O4.2C12H13FN2O2/c1-15-5-6(4-8(14)12(17)18)10-7(13)2-3-9(11(10)15)16(19)20;2*1-15-6-7(5-9(14)12(16)17)11-8(13)3-2-4-10(11)15/h2-3,5,8H,4,14H2,1H3,(H,17,18);2*2-4,6,9H,5,14H2,1H3,(H,16,17). The number of rotatable bonds is 10. The molecule has 18 heteroatoms. The Balaban J connectivity index is 0.000000181. The van der Waals surface area contributed by atoms with Gasteiger partial charge >= 0.3 is 17.9 Å². The first-order valence-electron chi connectivity index (χ1n) is 16.1. The fourth-order valence-corrected chi connectivity index (χ4v) is 6.15. The Kier molecular flexibility index (Phi) is 12.5. The van der Waals surface area contributed by atoms with Crippen molar-refractivity contribution >= 4 is 56.3 Å². The lowest BCUT2D eigenvalue weighted by Gasteiger charge is -2.05. The molecule has 0 saturated heterocycles. The van der Waals surface area contributed by atoms with E-state index in [-0.39, 0.29) is 47.5 Å². The third-order valence-electron chi connectivity index (χ3n) is 8.68. The molecule has 9 N–H and O–H groups in total. The number of hydrogen-bond acceptors (Lipinski definition) is 8. The number of benzene rings is 3. The number of nitro benzene ring substituents is 1. The smallest absolute Gasteiger partial charge is 0.320 e. The second-order valence-corrected chi connectivity index (χ2v) is 12.6. The van der Waals surface area contributed by atoms with Gasteiger partial charge in [-0.1, -0.05) is 12.1 Å². The second kappa shape index (κ2) is 16.6. The zero-order valence-electron chi connectivity index (χ0n) is 29.2. The molecule has 3 unspecified atom stereocenters. The van der Waals surface area contributed by atoms with Gasteiger partial charge in [0.2, 0.25) is 0 Å². The summed E-state index contributed by atoms with van der Waals surface area (Å²) in [6.45, 7) is 0. The molecule has 0 saturated carbocycles. The number of nitrogens with zero attached hydrogens (tertiary/aromatic N) is 4. The van der Waals surface area contributed by atoms with E-state index in [0.29, 0.717) is 27.5 Å². The highest BCUT2D eigenvalue weighted by molar-refractivity contribution is 5.92. The number of carboxylic acids is 3. The highest BCUT2D eigenvalue weighted by Crippen LogP contribution is 2.32. The van der Waals surface area contributed by atoms with Crippen molar-refractivity contribution in [2.24, 2.45) is 38.3 Å². The van der Waals surface area contributed by atoms with Gasteiger partial charge in [-0.15, -0.1) is 0 Å². The minimum Gasteiger partial charge on any atom is -0.480 e. The lowest BCUT2D eigenvalue weighted by molar-refractivity contribution is -0.383. The Labute approximate surface area is 304 Å². The number of carbonyl (C=O) groups is 3. The van der Waals surface area contributed by atoms with Gasteiger partial charge in [0, 0.05) is 81.2 Å². The van der Waals surface area contributed by atoms with E-state index in [0.717, 1.165) is 23.2 Å². The average Bonchev–Trinajstić information content (AvgIpc) is 3.72. The van der Waals surface area contributed by atoms with Gasteiger partial charge in [0.25, 0.3) is 5.69 Å². The van der Waals surface area contributed by atoms with E-state index < -0.39 is 46.8 Å². The van der Waals surface area contributed by atoms with Gasteiger partial charge in [-0.25, -0.2) is 13.2 Å². The van der Waals surface area contributed by atoms with Crippen molar-refractivity contribution in [2.45, 2.75) is 37.4 Å². The third-order valence-corrected chi connectivity index (χ3v) is 8.68. The molecule has 0 spiro atoms. The van der Waals surface area contributed by atoms with Crippen LogP contribution < -0.4 is 17.2 Å². The number of halogens is 3. The molecule has 3 atom stereocenters. The molecule has 0 aliphatic carbocycles. The normalized spacial score (nSPS) is 12.8. The number of fused-ring (bicyclic) bond motifs is 3. The third kappa shape index (κ3) is 8.68. The maximum atomic E-state index is 13.9. The minimum atomic E-state index is -1.21. The molecular formula is C36H38F3N7O8. The molecule has 6 rings (SSSR count). The zero-order valence-corrected chi connectivity index (χ0v) is 29.2. The summed E-state index contributed by atoms with van der Waals surface area (Å²) in [5.41, 5.74) is 19.3. The van der Waals surface area contributed by atoms with Crippen LogP contribution in [0.2, 0.25) is 0 Å². The van der Waals surface area contributed by atoms with Crippen LogP contribution in [0.5, 0.6) is 0 Å². The zero-order chi connectivity index (χ0) is 40.2. The maximum Gasteiger partial charge on any atom is 0.320 e. The Morgan fingerprint density at radius 3 is 1.35 bits per heavy atom. The number of carboxylic acid groups (broad SMARTS) is 3. The topological polar surface area (TPSA) is 248 Å². The molecule has 0 fully saturated rings. The molecule has 15 nitrogen and oxygen atoms in total. The molecule has 0 bridgehead atoms. The monoisotopic (exact) mass is 753 g/mol. The summed E-state index contributed by atoms with van der Waals surface area (Å²) in [6.07, 6.45) is 5.03. The molecule has 54 heavy (non-hydrogen) atoms. The number of nitrogens with two attached hydrogens (primary N) is 3. The number of aliphatic carboxylic acids is 3. The van der Waals surface area contributed by atoms with Crippen molar-refractivity contribution in [1.82, 2.24) is 13.7 Å². The van der Waals surface area contributed by atoms with Crippen molar-refractivity contribution in [3.8, 4) is 0 Å². The fraction of sp³-hybridized carbons (Fsp3) is 0.250. The molecule has 0 radical (unpaired) electrons. The Morgan fingerprint density at radius 1 is 0.630 bits per heavy atom. The van der Waals surface area contributed by atoms with E-state index in [1.807, 2.05) is 0 Å². The summed E-state index contributed by atoms with van der Waals surface area (Å²) in [5, 5.41) is 38.2. The summed E-state index contributed by atoms with van der Waals surface area (Å²) < 4.78 is 46.3. The van der Waals surface area contributed by atoms with Crippen LogP contribution in [-0.2, 0) is 54.8 Å². The number of nitro groups is 1. The SMILES string of the molecule is Cn1cc(CC(N)C(=O)O)c2c(F)ccc([N+](=O)[O-])c21.Cn1cc(CC(N)C(=O)O)c2c(F)cccc21.Cn1cc(CC(N)C(=O)O)c2c(F)cccc21. The molecule has 286 valence electrons. The summed E-state index contributed by atoms with van der Waals surface area (Å²) >= 11 is 0. The maximum absolute atomic E-state index is 13.9. The Bertz CT molecular complexity index is 2280. The highest BCUT2D eigenvalue weighted by Gasteiger charge is 2.24. The van der Waals surface area contributed by atoms with Gasteiger partial charge in [-0.05, 0) is 47.0 Å². The van der Waals surface area contributed by atoms with Crippen molar-refractivity contribution in [3.63, 3.8) is 0 Å². The van der Waals surface area contributed by atoms with Crippen LogP contribution in [0, 0.1) is 27.6 Å². The van der Waals surface area contributed by atoms with E-state index in [4.69, 9.17) is 32.5 Å². The molecule has 3 heterocycles. The molecule has 6 aromatic rings. The predicted molar refractivity (Wildman–Crippen MR) is 193 cm³/mol. The lowest BCUT2D eigenvalue weighted by atomic mass is 10.0. The van der Waals surface area contributed by atoms with Crippen molar-refractivity contribution in [2.75, 3.05) is 0 Å². The van der Waals surface area contributed by atoms with Crippen LogP contribution in [0.4, 0.5) is 18.9 Å². The lowest BCUT2D eigenvalue weighted by Crippen LogP contribution is -2.32. The van der Waals surface area contributed by atoms with Gasteiger partial charge in [0.15, 0.2) is 0 Å². The van der Waals surface area contributed by atoms with E-state index in [2.05, 4.69) is 0 Å². The van der Waals surface area contributed by atoms with Crippen LogP contribution in [0.15, 0.2) is 67.1 Å². The Hall–Kier alpha value is -6.24. The Morgan fingerprint density at radius 2 is 0.981 bits per heavy atom. The number of aromatic nitrogens is 3. The molecule has 0 aliphatic heterocycles.